The molecular formula is C19H20N2O. The van der Waals surface area contributed by atoms with Crippen LogP contribution in [0.3, 0.4) is 0 Å². The Hall–Kier alpha value is -2.13. The molecular weight excluding hydrogens is 272 g/mol. The van der Waals surface area contributed by atoms with Crippen LogP contribution in [0.2, 0.25) is 0 Å². The summed E-state index contributed by atoms with van der Waals surface area (Å²) < 4.78 is 0. The standard InChI is InChI=1S/C19H20N2O/c1-13-11-21-12-18(22)20(2)17-10-6-5-9-16(17)19(21)15-8-4-3-7-14(13)15/h3-10,13,19H,11-12H2,1-2H3/t13-,19+/m0/s1. The Morgan fingerprint density at radius 1 is 0.955 bits per heavy atom. The monoisotopic (exact) mass is 292 g/mol. The van der Waals surface area contributed by atoms with E-state index in [0.717, 1.165) is 12.2 Å². The van der Waals surface area contributed by atoms with Gasteiger partial charge >= 0.3 is 0 Å². The predicted octanol–water partition coefficient (Wildman–Crippen LogP) is 3.17. The molecule has 3 nitrogen and oxygen atoms in total. The van der Waals surface area contributed by atoms with E-state index in [0.29, 0.717) is 12.5 Å². The lowest BCUT2D eigenvalue weighted by Crippen LogP contribution is -2.41. The number of para-hydroxylation sites is 1. The van der Waals surface area contributed by atoms with Crippen LogP contribution in [0.1, 0.15) is 35.6 Å². The Morgan fingerprint density at radius 2 is 1.59 bits per heavy atom. The fraction of sp³-hybridized carbons (Fsp3) is 0.316. The summed E-state index contributed by atoms with van der Waals surface area (Å²) in [6.07, 6.45) is 0. The van der Waals surface area contributed by atoms with E-state index in [1.807, 2.05) is 13.1 Å². The van der Waals surface area contributed by atoms with Crippen molar-refractivity contribution in [2.75, 3.05) is 25.0 Å². The van der Waals surface area contributed by atoms with Crippen LogP contribution in [-0.4, -0.2) is 30.9 Å². The van der Waals surface area contributed by atoms with Gasteiger partial charge in [0.2, 0.25) is 5.91 Å². The lowest BCUT2D eigenvalue weighted by molar-refractivity contribution is -0.119. The molecule has 2 heterocycles. The first-order valence-corrected chi connectivity index (χ1v) is 7.85. The number of carbonyl (C=O) groups is 1. The second kappa shape index (κ2) is 4.96. The maximum Gasteiger partial charge on any atom is 0.240 e. The molecule has 2 aliphatic rings. The van der Waals surface area contributed by atoms with E-state index in [9.17, 15) is 4.79 Å². The van der Waals surface area contributed by atoms with Crippen molar-refractivity contribution in [1.29, 1.82) is 0 Å². The molecule has 0 bridgehead atoms. The van der Waals surface area contributed by atoms with Crippen molar-refractivity contribution >= 4 is 11.6 Å². The van der Waals surface area contributed by atoms with Gasteiger partial charge in [-0.2, -0.15) is 0 Å². The van der Waals surface area contributed by atoms with Crippen LogP contribution in [0.25, 0.3) is 0 Å². The van der Waals surface area contributed by atoms with E-state index >= 15 is 0 Å². The summed E-state index contributed by atoms with van der Waals surface area (Å²) >= 11 is 0. The lowest BCUT2D eigenvalue weighted by atomic mass is 9.83. The zero-order valence-electron chi connectivity index (χ0n) is 13.0. The molecule has 0 aromatic heterocycles. The molecule has 4 rings (SSSR count). The molecule has 2 atom stereocenters. The van der Waals surface area contributed by atoms with Crippen molar-refractivity contribution in [3.05, 3.63) is 65.2 Å². The van der Waals surface area contributed by atoms with Gasteiger partial charge in [-0.05, 0) is 28.7 Å². The minimum absolute atomic E-state index is 0.168. The number of nitrogens with zero attached hydrogens (tertiary/aromatic N) is 2. The maximum absolute atomic E-state index is 12.5. The number of amides is 1. The van der Waals surface area contributed by atoms with Crippen LogP contribution in [0.5, 0.6) is 0 Å². The zero-order chi connectivity index (χ0) is 15.3. The van der Waals surface area contributed by atoms with Gasteiger partial charge in [0.25, 0.3) is 0 Å². The molecule has 0 aliphatic carbocycles. The van der Waals surface area contributed by atoms with Gasteiger partial charge in [-0.25, -0.2) is 0 Å². The van der Waals surface area contributed by atoms with Crippen molar-refractivity contribution in [3.8, 4) is 0 Å². The molecule has 3 heteroatoms. The lowest BCUT2D eigenvalue weighted by Gasteiger charge is -2.39. The number of hydrogen-bond acceptors (Lipinski definition) is 2. The van der Waals surface area contributed by atoms with E-state index in [-0.39, 0.29) is 11.9 Å². The van der Waals surface area contributed by atoms with Crippen LogP contribution in [0, 0.1) is 0 Å². The third-order valence-corrected chi connectivity index (χ3v) is 5.00. The van der Waals surface area contributed by atoms with E-state index < -0.39 is 0 Å². The molecule has 0 N–H and O–H groups in total. The number of hydrogen-bond donors (Lipinski definition) is 0. The number of anilines is 1. The van der Waals surface area contributed by atoms with Crippen LogP contribution >= 0.6 is 0 Å². The maximum atomic E-state index is 12.5. The quantitative estimate of drug-likeness (QED) is 0.744. The van der Waals surface area contributed by atoms with Crippen molar-refractivity contribution < 1.29 is 4.79 Å². The molecule has 0 radical (unpaired) electrons. The molecule has 2 aromatic carbocycles. The molecule has 2 aliphatic heterocycles. The third kappa shape index (κ3) is 1.89. The minimum atomic E-state index is 0.168. The Kier molecular flexibility index (Phi) is 3.05. The second-order valence-electron chi connectivity index (χ2n) is 6.37. The summed E-state index contributed by atoms with van der Waals surface area (Å²) in [7, 11) is 1.88. The Bertz CT molecular complexity index is 740. The Labute approximate surface area is 131 Å². The van der Waals surface area contributed by atoms with Crippen molar-refractivity contribution in [3.63, 3.8) is 0 Å². The average Bonchev–Trinajstić information content (AvgIpc) is 2.64. The molecule has 0 saturated carbocycles. The Balaban J connectivity index is 1.96. The summed E-state index contributed by atoms with van der Waals surface area (Å²) in [6.45, 7) is 3.66. The smallest absolute Gasteiger partial charge is 0.240 e. The summed E-state index contributed by atoms with van der Waals surface area (Å²) in [6, 6.07) is 17.1. The molecule has 2 aromatic rings. The van der Waals surface area contributed by atoms with Gasteiger partial charge in [0, 0.05) is 19.3 Å². The first-order valence-electron chi connectivity index (χ1n) is 7.85. The summed E-state index contributed by atoms with van der Waals surface area (Å²) in [5.74, 6) is 0.623. The first kappa shape index (κ1) is 13.5. The van der Waals surface area contributed by atoms with Crippen LogP contribution in [0.15, 0.2) is 48.5 Å². The van der Waals surface area contributed by atoms with Gasteiger partial charge in [-0.1, -0.05) is 49.4 Å². The minimum Gasteiger partial charge on any atom is -0.314 e. The fourth-order valence-electron chi connectivity index (χ4n) is 3.92. The number of fused-ring (bicyclic) bond motifs is 5. The largest absolute Gasteiger partial charge is 0.314 e. The third-order valence-electron chi connectivity index (χ3n) is 5.00. The van der Waals surface area contributed by atoms with Crippen LogP contribution in [-0.2, 0) is 4.79 Å². The summed E-state index contributed by atoms with van der Waals surface area (Å²) in [5, 5.41) is 0. The fourth-order valence-corrected chi connectivity index (χ4v) is 3.92. The SMILES string of the molecule is C[C@H]1CN2CC(=O)N(C)c3ccccc3[C@H]2c2ccccc21. The van der Waals surface area contributed by atoms with Crippen molar-refractivity contribution in [2.24, 2.45) is 0 Å². The summed E-state index contributed by atoms with van der Waals surface area (Å²) in [5.41, 5.74) is 5.02. The summed E-state index contributed by atoms with van der Waals surface area (Å²) in [4.78, 5) is 16.7. The van der Waals surface area contributed by atoms with Gasteiger partial charge < -0.3 is 4.90 Å². The molecule has 112 valence electrons. The van der Waals surface area contributed by atoms with Gasteiger partial charge in [0.05, 0.1) is 12.6 Å². The molecule has 0 spiro atoms. The van der Waals surface area contributed by atoms with Crippen molar-refractivity contribution in [2.45, 2.75) is 18.9 Å². The number of rotatable bonds is 0. The van der Waals surface area contributed by atoms with Gasteiger partial charge in [-0.15, -0.1) is 0 Å². The topological polar surface area (TPSA) is 23.6 Å². The average molecular weight is 292 g/mol. The first-order chi connectivity index (χ1) is 10.7. The van der Waals surface area contributed by atoms with Crippen molar-refractivity contribution in [1.82, 2.24) is 4.90 Å². The van der Waals surface area contributed by atoms with Crippen LogP contribution < -0.4 is 4.90 Å². The number of likely N-dealkylation sites (N-methyl/N-ethyl adjacent to an activating group) is 1. The highest BCUT2D eigenvalue weighted by Gasteiger charge is 2.37. The molecule has 1 amide bonds. The van der Waals surface area contributed by atoms with Gasteiger partial charge in [0.1, 0.15) is 0 Å². The molecule has 0 fully saturated rings. The zero-order valence-corrected chi connectivity index (χ0v) is 13.0. The Morgan fingerprint density at radius 3 is 2.36 bits per heavy atom. The molecule has 0 unspecified atom stereocenters. The number of benzene rings is 2. The molecule has 22 heavy (non-hydrogen) atoms. The second-order valence-corrected chi connectivity index (χ2v) is 6.37. The normalized spacial score (nSPS) is 24.3. The highest BCUT2D eigenvalue weighted by molar-refractivity contribution is 5.96. The van der Waals surface area contributed by atoms with Gasteiger partial charge in [0.15, 0.2) is 0 Å². The predicted molar refractivity (Wildman–Crippen MR) is 88.1 cm³/mol. The molecule has 0 saturated heterocycles. The number of carbonyl (C=O) groups excluding carboxylic acids is 1. The van der Waals surface area contributed by atoms with E-state index in [1.54, 1.807) is 4.90 Å². The van der Waals surface area contributed by atoms with E-state index in [1.165, 1.54) is 16.7 Å². The van der Waals surface area contributed by atoms with Crippen LogP contribution in [0.4, 0.5) is 5.69 Å². The highest BCUT2D eigenvalue weighted by atomic mass is 16.2. The van der Waals surface area contributed by atoms with Gasteiger partial charge in [-0.3, -0.25) is 9.69 Å². The highest BCUT2D eigenvalue weighted by Crippen LogP contribution is 2.43. The van der Waals surface area contributed by atoms with E-state index in [2.05, 4.69) is 54.3 Å². The van der Waals surface area contributed by atoms with E-state index in [4.69, 9.17) is 0 Å².